The summed E-state index contributed by atoms with van der Waals surface area (Å²) in [5, 5.41) is 9.04. The normalized spacial score (nSPS) is 10.9. The van der Waals surface area contributed by atoms with Crippen molar-refractivity contribution in [1.82, 2.24) is 9.97 Å². The molecule has 0 unspecified atom stereocenters. The monoisotopic (exact) mass is 222 g/mol. The number of aliphatic hydroxyl groups excluding tert-OH is 1. The van der Waals surface area contributed by atoms with Gasteiger partial charge in [-0.15, -0.1) is 0 Å². The van der Waals surface area contributed by atoms with Crippen molar-refractivity contribution in [3.63, 3.8) is 0 Å². The summed E-state index contributed by atoms with van der Waals surface area (Å²) in [6.45, 7) is 0.0326. The molecule has 4 nitrogen and oxygen atoms in total. The first-order valence-electron chi connectivity index (χ1n) is 5.00. The van der Waals surface area contributed by atoms with Gasteiger partial charge in [0, 0.05) is 19.1 Å². The highest BCUT2D eigenvalue weighted by atomic mass is 19.1. The molecule has 0 radical (unpaired) electrons. The number of nitrogens with one attached hydrogen (secondary N) is 1. The molecule has 0 bridgehead atoms. The lowest BCUT2D eigenvalue weighted by Crippen LogP contribution is -2.12. The molecule has 0 saturated carbocycles. The maximum absolute atomic E-state index is 13.0. The Morgan fingerprint density at radius 2 is 2.25 bits per heavy atom. The minimum atomic E-state index is -0.418. The van der Waals surface area contributed by atoms with Crippen LogP contribution in [0.25, 0.3) is 10.9 Å². The zero-order valence-electron chi connectivity index (χ0n) is 8.53. The van der Waals surface area contributed by atoms with Crippen LogP contribution < -0.4 is 5.56 Å². The van der Waals surface area contributed by atoms with Gasteiger partial charge >= 0.3 is 0 Å². The lowest BCUT2D eigenvalue weighted by molar-refractivity contribution is 0.287. The van der Waals surface area contributed by atoms with Gasteiger partial charge in [0.15, 0.2) is 0 Å². The van der Waals surface area contributed by atoms with Crippen LogP contribution in [-0.2, 0) is 6.42 Å². The lowest BCUT2D eigenvalue weighted by Gasteiger charge is -2.01. The number of hydrogen-bond acceptors (Lipinski definition) is 3. The van der Waals surface area contributed by atoms with Gasteiger partial charge in [0.2, 0.25) is 0 Å². The molecule has 0 spiro atoms. The standard InChI is InChI=1S/C11H11FN2O2/c12-7-3-4-8-9(6-7)13-10(2-1-5-15)14-11(8)16/h3-4,6,15H,1-2,5H2,(H,13,14,16). The molecular formula is C11H11FN2O2. The molecule has 1 aromatic carbocycles. The fraction of sp³-hybridized carbons (Fsp3) is 0.273. The summed E-state index contributed by atoms with van der Waals surface area (Å²) in [5.74, 6) is 0.0517. The molecule has 1 aromatic heterocycles. The molecule has 5 heteroatoms. The number of rotatable bonds is 3. The number of H-pyrrole nitrogens is 1. The average molecular weight is 222 g/mol. The Labute approximate surface area is 90.8 Å². The first-order valence-corrected chi connectivity index (χ1v) is 5.00. The van der Waals surface area contributed by atoms with Crippen molar-refractivity contribution in [3.05, 3.63) is 40.2 Å². The second kappa shape index (κ2) is 4.40. The Morgan fingerprint density at radius 1 is 1.44 bits per heavy atom. The minimum Gasteiger partial charge on any atom is -0.396 e. The van der Waals surface area contributed by atoms with E-state index in [2.05, 4.69) is 9.97 Å². The molecule has 16 heavy (non-hydrogen) atoms. The first-order chi connectivity index (χ1) is 7.70. The van der Waals surface area contributed by atoms with Gasteiger partial charge in [0.1, 0.15) is 11.6 Å². The molecular weight excluding hydrogens is 211 g/mol. The van der Waals surface area contributed by atoms with Crippen LogP contribution in [0.3, 0.4) is 0 Å². The number of halogens is 1. The van der Waals surface area contributed by atoms with E-state index >= 15 is 0 Å². The van der Waals surface area contributed by atoms with Crippen LogP contribution in [0.5, 0.6) is 0 Å². The fourth-order valence-electron chi connectivity index (χ4n) is 1.53. The Hall–Kier alpha value is -1.75. The Balaban J connectivity index is 2.52. The van der Waals surface area contributed by atoms with Gasteiger partial charge < -0.3 is 10.1 Å². The molecule has 0 amide bonds. The minimum absolute atomic E-state index is 0.0326. The highest BCUT2D eigenvalue weighted by molar-refractivity contribution is 5.77. The van der Waals surface area contributed by atoms with Gasteiger partial charge in [0.05, 0.1) is 10.9 Å². The quantitative estimate of drug-likeness (QED) is 0.813. The highest BCUT2D eigenvalue weighted by Gasteiger charge is 2.04. The predicted octanol–water partition coefficient (Wildman–Crippen LogP) is 0.987. The van der Waals surface area contributed by atoms with Crippen molar-refractivity contribution in [3.8, 4) is 0 Å². The van der Waals surface area contributed by atoms with Crippen LogP contribution in [-0.4, -0.2) is 21.7 Å². The summed E-state index contributed by atoms with van der Waals surface area (Å²) < 4.78 is 13.0. The molecule has 0 aliphatic heterocycles. The molecule has 0 aliphatic carbocycles. The molecule has 0 fully saturated rings. The van der Waals surface area contributed by atoms with Crippen LogP contribution >= 0.6 is 0 Å². The molecule has 0 aliphatic rings. The Bertz CT molecular complexity index is 565. The van der Waals surface area contributed by atoms with E-state index in [1.807, 2.05) is 0 Å². The number of aromatic nitrogens is 2. The number of fused-ring (bicyclic) bond motifs is 1. The summed E-state index contributed by atoms with van der Waals surface area (Å²) in [4.78, 5) is 18.3. The maximum atomic E-state index is 13.0. The van der Waals surface area contributed by atoms with Crippen molar-refractivity contribution in [2.24, 2.45) is 0 Å². The highest BCUT2D eigenvalue weighted by Crippen LogP contribution is 2.09. The van der Waals surface area contributed by atoms with E-state index in [0.29, 0.717) is 29.6 Å². The smallest absolute Gasteiger partial charge is 0.258 e. The van der Waals surface area contributed by atoms with Crippen LogP contribution in [0.15, 0.2) is 23.0 Å². The second-order valence-corrected chi connectivity index (χ2v) is 3.50. The summed E-state index contributed by atoms with van der Waals surface area (Å²) >= 11 is 0. The van der Waals surface area contributed by atoms with Gasteiger partial charge in [-0.25, -0.2) is 9.37 Å². The van der Waals surface area contributed by atoms with Crippen molar-refractivity contribution < 1.29 is 9.50 Å². The largest absolute Gasteiger partial charge is 0.396 e. The maximum Gasteiger partial charge on any atom is 0.258 e. The Morgan fingerprint density at radius 3 is 3.00 bits per heavy atom. The third-order valence-corrected chi connectivity index (χ3v) is 2.29. The van der Waals surface area contributed by atoms with E-state index < -0.39 is 5.82 Å². The molecule has 2 aromatic rings. The van der Waals surface area contributed by atoms with Crippen molar-refractivity contribution in [2.75, 3.05) is 6.61 Å². The summed E-state index contributed by atoms with van der Waals surface area (Å²) in [7, 11) is 0. The van der Waals surface area contributed by atoms with Crippen LogP contribution in [0.4, 0.5) is 4.39 Å². The van der Waals surface area contributed by atoms with Crippen LogP contribution in [0.1, 0.15) is 12.2 Å². The van der Waals surface area contributed by atoms with Gasteiger partial charge in [0.25, 0.3) is 5.56 Å². The fourth-order valence-corrected chi connectivity index (χ4v) is 1.53. The van der Waals surface area contributed by atoms with E-state index in [-0.39, 0.29) is 12.2 Å². The van der Waals surface area contributed by atoms with E-state index in [1.54, 1.807) is 0 Å². The van der Waals surface area contributed by atoms with Gasteiger partial charge in [-0.1, -0.05) is 0 Å². The third-order valence-electron chi connectivity index (χ3n) is 2.29. The zero-order valence-corrected chi connectivity index (χ0v) is 8.53. The molecule has 2 rings (SSSR count). The van der Waals surface area contributed by atoms with E-state index in [1.165, 1.54) is 18.2 Å². The molecule has 84 valence electrons. The van der Waals surface area contributed by atoms with Gasteiger partial charge in [-0.3, -0.25) is 4.79 Å². The summed E-state index contributed by atoms with van der Waals surface area (Å²) in [6.07, 6.45) is 0.988. The van der Waals surface area contributed by atoms with Gasteiger partial charge in [-0.2, -0.15) is 0 Å². The van der Waals surface area contributed by atoms with Crippen LogP contribution in [0, 0.1) is 5.82 Å². The molecule has 0 saturated heterocycles. The van der Waals surface area contributed by atoms with E-state index in [9.17, 15) is 9.18 Å². The molecule has 2 N–H and O–H groups in total. The lowest BCUT2D eigenvalue weighted by atomic mass is 10.2. The van der Waals surface area contributed by atoms with Crippen molar-refractivity contribution >= 4 is 10.9 Å². The summed E-state index contributed by atoms with van der Waals surface area (Å²) in [6, 6.07) is 3.87. The second-order valence-electron chi connectivity index (χ2n) is 3.50. The van der Waals surface area contributed by atoms with E-state index in [0.717, 1.165) is 0 Å². The number of hydrogen-bond donors (Lipinski definition) is 2. The first kappa shape index (κ1) is 10.8. The Kier molecular flexibility index (Phi) is 2.96. The SMILES string of the molecule is O=c1[nH]c(CCCO)nc2cc(F)ccc12. The van der Waals surface area contributed by atoms with Crippen molar-refractivity contribution in [1.29, 1.82) is 0 Å². The van der Waals surface area contributed by atoms with Gasteiger partial charge in [-0.05, 0) is 18.6 Å². The topological polar surface area (TPSA) is 66.0 Å². The number of benzene rings is 1. The number of aliphatic hydroxyl groups is 1. The average Bonchev–Trinajstić information content (AvgIpc) is 2.25. The van der Waals surface area contributed by atoms with Crippen LogP contribution in [0.2, 0.25) is 0 Å². The zero-order chi connectivity index (χ0) is 11.5. The predicted molar refractivity (Wildman–Crippen MR) is 57.7 cm³/mol. The van der Waals surface area contributed by atoms with E-state index in [4.69, 9.17) is 5.11 Å². The number of aryl methyl sites for hydroxylation is 1. The molecule has 1 heterocycles. The number of aromatic amines is 1. The third kappa shape index (κ3) is 2.09. The number of nitrogens with zero attached hydrogens (tertiary/aromatic N) is 1. The van der Waals surface area contributed by atoms with Crippen molar-refractivity contribution in [2.45, 2.75) is 12.8 Å². The molecule has 0 atom stereocenters. The summed E-state index contributed by atoms with van der Waals surface area (Å²) in [5.41, 5.74) is 0.0645.